The summed E-state index contributed by atoms with van der Waals surface area (Å²) in [4.78, 5) is 27.2. The average Bonchev–Trinajstić information content (AvgIpc) is 2.98. The van der Waals surface area contributed by atoms with Crippen molar-refractivity contribution in [1.29, 1.82) is 0 Å². The smallest absolute Gasteiger partial charge is 0.295 e. The van der Waals surface area contributed by atoms with Crippen LogP contribution in [0, 0.1) is 0 Å². The Morgan fingerprint density at radius 3 is 2.30 bits per heavy atom. The van der Waals surface area contributed by atoms with Crippen molar-refractivity contribution < 1.29 is 24.2 Å². The van der Waals surface area contributed by atoms with Crippen LogP contribution in [0.2, 0.25) is 10.0 Å². The summed E-state index contributed by atoms with van der Waals surface area (Å²) in [6.45, 7) is 2.25. The Bertz CT molecular complexity index is 1010. The molecule has 6 nitrogen and oxygen atoms in total. The molecule has 3 rings (SSSR count). The minimum atomic E-state index is -0.805. The minimum absolute atomic E-state index is 0.0461. The Morgan fingerprint density at radius 1 is 1.10 bits per heavy atom. The molecular formula is C22H21Cl2NO5. The van der Waals surface area contributed by atoms with Gasteiger partial charge in [0.2, 0.25) is 0 Å². The molecule has 1 heterocycles. The molecular weight excluding hydrogens is 429 g/mol. The van der Waals surface area contributed by atoms with E-state index in [0.717, 1.165) is 0 Å². The molecule has 0 saturated carbocycles. The van der Waals surface area contributed by atoms with E-state index in [9.17, 15) is 14.7 Å². The van der Waals surface area contributed by atoms with Gasteiger partial charge in [0.05, 0.1) is 35.9 Å². The van der Waals surface area contributed by atoms with Gasteiger partial charge in [-0.25, -0.2) is 0 Å². The number of ketones is 1. The summed E-state index contributed by atoms with van der Waals surface area (Å²) in [6.07, 6.45) is 0.638. The number of carbonyl (C=O) groups excluding carboxylic acids is 2. The Labute approximate surface area is 184 Å². The molecule has 1 aliphatic rings. The van der Waals surface area contributed by atoms with Crippen molar-refractivity contribution >= 4 is 40.7 Å². The first-order chi connectivity index (χ1) is 14.3. The third kappa shape index (κ3) is 3.73. The van der Waals surface area contributed by atoms with Crippen LogP contribution in [-0.2, 0) is 9.59 Å². The number of para-hydroxylation sites is 1. The molecule has 1 aliphatic heterocycles. The zero-order valence-electron chi connectivity index (χ0n) is 16.7. The first-order valence-electron chi connectivity index (χ1n) is 9.30. The number of methoxy groups -OCH3 is 2. The SMILES string of the molecule is CCCN1C(=O)C(=O)/C(=C(/O)c2cc(Cl)c(OC)c(Cl)c2)C1c1ccccc1OC. The highest BCUT2D eigenvalue weighted by Gasteiger charge is 2.46. The summed E-state index contributed by atoms with van der Waals surface area (Å²) >= 11 is 12.4. The van der Waals surface area contributed by atoms with Gasteiger partial charge >= 0.3 is 0 Å². The second kappa shape index (κ2) is 8.98. The van der Waals surface area contributed by atoms with Crippen molar-refractivity contribution in [2.75, 3.05) is 20.8 Å². The van der Waals surface area contributed by atoms with E-state index in [1.165, 1.54) is 31.3 Å². The topological polar surface area (TPSA) is 76.1 Å². The quantitative estimate of drug-likeness (QED) is 0.387. The van der Waals surface area contributed by atoms with E-state index in [1.807, 2.05) is 6.92 Å². The van der Waals surface area contributed by atoms with Crippen LogP contribution in [0.4, 0.5) is 0 Å². The van der Waals surface area contributed by atoms with E-state index in [-0.39, 0.29) is 32.7 Å². The first-order valence-corrected chi connectivity index (χ1v) is 10.1. The van der Waals surface area contributed by atoms with Gasteiger partial charge in [-0.3, -0.25) is 9.59 Å². The normalized spacial score (nSPS) is 18.0. The largest absolute Gasteiger partial charge is 0.507 e. The van der Waals surface area contributed by atoms with Gasteiger partial charge in [0, 0.05) is 17.7 Å². The number of aliphatic hydroxyl groups excluding tert-OH is 1. The summed E-state index contributed by atoms with van der Waals surface area (Å²) in [5, 5.41) is 11.4. The number of nitrogens with zero attached hydrogens (tertiary/aromatic N) is 1. The maximum absolute atomic E-state index is 12.9. The van der Waals surface area contributed by atoms with Crippen LogP contribution >= 0.6 is 23.2 Å². The number of ether oxygens (including phenoxy) is 2. The molecule has 1 amide bonds. The highest BCUT2D eigenvalue weighted by atomic mass is 35.5. The maximum Gasteiger partial charge on any atom is 0.295 e. The number of carbonyl (C=O) groups is 2. The van der Waals surface area contributed by atoms with Crippen molar-refractivity contribution in [2.24, 2.45) is 0 Å². The molecule has 1 unspecified atom stereocenters. The molecule has 30 heavy (non-hydrogen) atoms. The monoisotopic (exact) mass is 449 g/mol. The number of likely N-dealkylation sites (tertiary alicyclic amines) is 1. The second-order valence-corrected chi connectivity index (χ2v) is 7.52. The lowest BCUT2D eigenvalue weighted by atomic mass is 9.94. The first kappa shape index (κ1) is 22.0. The van der Waals surface area contributed by atoms with Crippen LogP contribution in [0.3, 0.4) is 0 Å². The molecule has 0 radical (unpaired) electrons. The molecule has 1 saturated heterocycles. The molecule has 0 aliphatic carbocycles. The summed E-state index contributed by atoms with van der Waals surface area (Å²) in [6, 6.07) is 9.15. The molecule has 2 aromatic rings. The summed E-state index contributed by atoms with van der Waals surface area (Å²) in [7, 11) is 2.93. The Balaban J connectivity index is 2.26. The van der Waals surface area contributed by atoms with Crippen LogP contribution in [0.5, 0.6) is 11.5 Å². The fourth-order valence-corrected chi connectivity index (χ4v) is 4.26. The fraction of sp³-hybridized carbons (Fsp3) is 0.273. The summed E-state index contributed by atoms with van der Waals surface area (Å²) in [5.41, 5.74) is 0.760. The Hall–Kier alpha value is -2.70. The van der Waals surface area contributed by atoms with E-state index < -0.39 is 17.7 Å². The molecule has 0 aromatic heterocycles. The number of amides is 1. The van der Waals surface area contributed by atoms with Crippen LogP contribution < -0.4 is 9.47 Å². The zero-order valence-corrected chi connectivity index (χ0v) is 18.3. The van der Waals surface area contributed by atoms with E-state index in [0.29, 0.717) is 24.3 Å². The van der Waals surface area contributed by atoms with Gasteiger partial charge in [0.15, 0.2) is 5.75 Å². The van der Waals surface area contributed by atoms with Crippen molar-refractivity contribution in [2.45, 2.75) is 19.4 Å². The summed E-state index contributed by atoms with van der Waals surface area (Å²) < 4.78 is 10.6. The predicted octanol–water partition coefficient (Wildman–Crippen LogP) is 4.84. The van der Waals surface area contributed by atoms with Crippen molar-refractivity contribution in [3.63, 3.8) is 0 Å². The highest BCUT2D eigenvalue weighted by molar-refractivity contribution is 6.46. The number of benzene rings is 2. The van der Waals surface area contributed by atoms with Gasteiger partial charge in [-0.2, -0.15) is 0 Å². The maximum atomic E-state index is 12.9. The van der Waals surface area contributed by atoms with E-state index >= 15 is 0 Å². The van der Waals surface area contributed by atoms with E-state index in [1.54, 1.807) is 24.3 Å². The Kier molecular flexibility index (Phi) is 6.58. The number of hydrogen-bond acceptors (Lipinski definition) is 5. The van der Waals surface area contributed by atoms with Crippen LogP contribution in [0.25, 0.3) is 5.76 Å². The molecule has 1 atom stereocenters. The molecule has 2 aromatic carbocycles. The fourth-order valence-electron chi connectivity index (χ4n) is 3.61. The number of hydrogen-bond donors (Lipinski definition) is 1. The van der Waals surface area contributed by atoms with E-state index in [2.05, 4.69) is 0 Å². The lowest BCUT2D eigenvalue weighted by Gasteiger charge is -2.26. The number of rotatable bonds is 6. The van der Waals surface area contributed by atoms with Crippen LogP contribution in [0.1, 0.15) is 30.5 Å². The molecule has 158 valence electrons. The van der Waals surface area contributed by atoms with Crippen LogP contribution in [0.15, 0.2) is 42.0 Å². The Morgan fingerprint density at radius 2 is 1.73 bits per heavy atom. The zero-order chi connectivity index (χ0) is 22.0. The molecule has 1 fully saturated rings. The van der Waals surface area contributed by atoms with Crippen molar-refractivity contribution in [3.8, 4) is 11.5 Å². The van der Waals surface area contributed by atoms with Gasteiger partial charge < -0.3 is 19.5 Å². The third-order valence-electron chi connectivity index (χ3n) is 4.91. The van der Waals surface area contributed by atoms with Crippen LogP contribution in [-0.4, -0.2) is 42.5 Å². The van der Waals surface area contributed by atoms with Gasteiger partial charge in [0.25, 0.3) is 11.7 Å². The van der Waals surface area contributed by atoms with Gasteiger partial charge in [-0.05, 0) is 24.6 Å². The molecule has 1 N–H and O–H groups in total. The molecule has 8 heteroatoms. The third-order valence-corrected chi connectivity index (χ3v) is 5.48. The number of halogens is 2. The van der Waals surface area contributed by atoms with Gasteiger partial charge in [-0.15, -0.1) is 0 Å². The second-order valence-electron chi connectivity index (χ2n) is 6.71. The highest BCUT2D eigenvalue weighted by Crippen LogP contribution is 2.44. The van der Waals surface area contributed by atoms with Crippen molar-refractivity contribution in [1.82, 2.24) is 4.90 Å². The lowest BCUT2D eigenvalue weighted by molar-refractivity contribution is -0.139. The standard InChI is InChI=1S/C22H21Cl2NO5/c1-4-9-25-18(13-7-5-6-8-16(13)29-2)17(20(27)22(25)28)19(26)12-10-14(23)21(30-3)15(24)11-12/h5-8,10-11,18,26H,4,9H2,1-3H3/b19-17+. The van der Waals surface area contributed by atoms with E-state index in [4.69, 9.17) is 32.7 Å². The number of aliphatic hydroxyl groups is 1. The molecule has 0 bridgehead atoms. The predicted molar refractivity (Wildman–Crippen MR) is 115 cm³/mol. The minimum Gasteiger partial charge on any atom is -0.507 e. The number of Topliss-reactive ketones (excluding diaryl/α,β-unsaturated/α-hetero) is 1. The summed E-state index contributed by atoms with van der Waals surface area (Å²) in [5.74, 6) is -1.07. The molecule has 0 spiro atoms. The van der Waals surface area contributed by atoms with Gasteiger partial charge in [0.1, 0.15) is 11.5 Å². The van der Waals surface area contributed by atoms with Crippen molar-refractivity contribution in [3.05, 3.63) is 63.1 Å². The van der Waals surface area contributed by atoms with Gasteiger partial charge in [-0.1, -0.05) is 48.3 Å². The average molecular weight is 450 g/mol. The lowest BCUT2D eigenvalue weighted by Crippen LogP contribution is -2.30.